The van der Waals surface area contributed by atoms with Crippen LogP contribution in [0, 0.1) is 0 Å². The van der Waals surface area contributed by atoms with Gasteiger partial charge in [0.05, 0.1) is 0 Å². The molecule has 4 nitrogen and oxygen atoms in total. The molecule has 0 saturated heterocycles. The summed E-state index contributed by atoms with van der Waals surface area (Å²) in [5, 5.41) is 7.22. The van der Waals surface area contributed by atoms with Crippen LogP contribution in [0.3, 0.4) is 0 Å². The summed E-state index contributed by atoms with van der Waals surface area (Å²) in [5.41, 5.74) is 2.00. The molecule has 0 saturated carbocycles. The van der Waals surface area contributed by atoms with Crippen molar-refractivity contribution in [2.45, 2.75) is 23.6 Å². The predicted octanol–water partition coefficient (Wildman–Crippen LogP) is 2.45. The fourth-order valence-corrected chi connectivity index (χ4v) is 4.18. The van der Waals surface area contributed by atoms with Crippen molar-refractivity contribution in [2.24, 2.45) is 0 Å². The third kappa shape index (κ3) is 6.27. The van der Waals surface area contributed by atoms with E-state index >= 15 is 0 Å². The predicted molar refractivity (Wildman–Crippen MR) is 93.4 cm³/mol. The first kappa shape index (κ1) is 17.3. The third-order valence-electron chi connectivity index (χ3n) is 3.13. The molecule has 120 valence electrons. The molecule has 2 amide bonds. The van der Waals surface area contributed by atoms with Crippen LogP contribution in [-0.4, -0.2) is 32.8 Å². The molecule has 23 heavy (non-hydrogen) atoms. The second-order valence-corrected chi connectivity index (χ2v) is 7.27. The van der Waals surface area contributed by atoms with Crippen molar-refractivity contribution < 1.29 is 9.59 Å². The minimum atomic E-state index is -0.489. The molecule has 0 aromatic heterocycles. The number of hydrogen-bond acceptors (Lipinski definition) is 2. The van der Waals surface area contributed by atoms with E-state index in [0.717, 1.165) is 11.0 Å². The van der Waals surface area contributed by atoms with Crippen LogP contribution in [-0.2, 0) is 14.9 Å². The standard InChI is InChI=1S/C18H20N2O2Se/c1-14(21)19-17(13-23-12-15-8-4-2-5-9-15)18(22)20-16-10-6-3-7-11-16/h2-11,17H,12-13H2,1H3,(H,19,21)(H,20,22)/t17-/m1/s1. The molecule has 0 aliphatic heterocycles. The zero-order valence-corrected chi connectivity index (χ0v) is 14.7. The van der Waals surface area contributed by atoms with Crippen LogP contribution in [0.25, 0.3) is 0 Å². The maximum atomic E-state index is 12.4. The Bertz CT molecular complexity index is 632. The van der Waals surface area contributed by atoms with Crippen molar-refractivity contribution >= 4 is 32.5 Å². The molecule has 0 unspecified atom stereocenters. The van der Waals surface area contributed by atoms with E-state index in [1.807, 2.05) is 48.5 Å². The molecule has 5 heteroatoms. The van der Waals surface area contributed by atoms with Crippen molar-refractivity contribution in [3.8, 4) is 0 Å². The summed E-state index contributed by atoms with van der Waals surface area (Å²) in [6.07, 6.45) is 0. The van der Waals surface area contributed by atoms with E-state index in [9.17, 15) is 9.59 Å². The summed E-state index contributed by atoms with van der Waals surface area (Å²) in [5.74, 6) is -0.352. The summed E-state index contributed by atoms with van der Waals surface area (Å²) in [7, 11) is 0. The van der Waals surface area contributed by atoms with Gasteiger partial charge in [0.2, 0.25) is 0 Å². The molecule has 0 heterocycles. The van der Waals surface area contributed by atoms with Gasteiger partial charge in [0.25, 0.3) is 0 Å². The molecule has 0 fully saturated rings. The fraction of sp³-hybridized carbons (Fsp3) is 0.222. The van der Waals surface area contributed by atoms with Crippen LogP contribution in [0.4, 0.5) is 5.69 Å². The summed E-state index contributed by atoms with van der Waals surface area (Å²) in [6.45, 7) is 1.44. The number of benzene rings is 2. The number of carbonyl (C=O) groups excluding carboxylic acids is 2. The van der Waals surface area contributed by atoms with E-state index in [4.69, 9.17) is 0 Å². The van der Waals surface area contributed by atoms with Crippen molar-refractivity contribution in [1.82, 2.24) is 5.32 Å². The number of hydrogen-bond donors (Lipinski definition) is 2. The second-order valence-electron chi connectivity index (χ2n) is 5.11. The molecule has 0 aliphatic carbocycles. The summed E-state index contributed by atoms with van der Waals surface area (Å²) >= 11 is 0.239. The molecule has 2 rings (SSSR count). The second kappa shape index (κ2) is 9.13. The molecule has 2 aromatic rings. The third-order valence-corrected chi connectivity index (χ3v) is 5.45. The number of rotatable bonds is 7. The van der Waals surface area contributed by atoms with E-state index in [2.05, 4.69) is 22.8 Å². The monoisotopic (exact) mass is 376 g/mol. The quantitative estimate of drug-likeness (QED) is 0.731. The van der Waals surface area contributed by atoms with Crippen molar-refractivity contribution in [2.75, 3.05) is 5.32 Å². The molecular formula is C18H20N2O2Se. The van der Waals surface area contributed by atoms with Gasteiger partial charge in [-0.1, -0.05) is 0 Å². The zero-order valence-electron chi connectivity index (χ0n) is 13.0. The molecule has 0 radical (unpaired) electrons. The van der Waals surface area contributed by atoms with Crippen molar-refractivity contribution in [3.05, 3.63) is 66.2 Å². The summed E-state index contributed by atoms with van der Waals surface area (Å²) in [4.78, 5) is 23.7. The number of carbonyl (C=O) groups is 2. The van der Waals surface area contributed by atoms with E-state index in [0.29, 0.717) is 5.32 Å². The van der Waals surface area contributed by atoms with Gasteiger partial charge in [-0.2, -0.15) is 0 Å². The molecule has 2 N–H and O–H groups in total. The molecule has 2 aromatic carbocycles. The maximum absolute atomic E-state index is 12.4. The minimum absolute atomic E-state index is 0.165. The average Bonchev–Trinajstić information content (AvgIpc) is 2.55. The molecule has 0 aliphatic rings. The first-order chi connectivity index (χ1) is 11.1. The molecule has 0 bridgehead atoms. The Morgan fingerprint density at radius 2 is 1.61 bits per heavy atom. The zero-order chi connectivity index (χ0) is 16.5. The topological polar surface area (TPSA) is 58.2 Å². The summed E-state index contributed by atoms with van der Waals surface area (Å²) < 4.78 is 0. The number of anilines is 1. The number of para-hydroxylation sites is 1. The average molecular weight is 375 g/mol. The normalized spacial score (nSPS) is 11.5. The first-order valence-corrected chi connectivity index (χ1v) is 9.82. The number of nitrogens with one attached hydrogen (secondary N) is 2. The van der Waals surface area contributed by atoms with Gasteiger partial charge in [0.1, 0.15) is 0 Å². The SMILES string of the molecule is CC(=O)N[C@H](C[Se]Cc1ccccc1)C(=O)Nc1ccccc1. The van der Waals surface area contributed by atoms with Gasteiger partial charge in [-0.05, 0) is 0 Å². The van der Waals surface area contributed by atoms with Gasteiger partial charge in [-0.15, -0.1) is 0 Å². The van der Waals surface area contributed by atoms with Crippen molar-refractivity contribution in [1.29, 1.82) is 0 Å². The van der Waals surface area contributed by atoms with Crippen LogP contribution in [0.2, 0.25) is 5.32 Å². The van der Waals surface area contributed by atoms with E-state index < -0.39 is 6.04 Å². The first-order valence-electron chi connectivity index (χ1n) is 7.40. The van der Waals surface area contributed by atoms with E-state index in [-0.39, 0.29) is 26.8 Å². The Kier molecular flexibility index (Phi) is 6.85. The summed E-state index contributed by atoms with van der Waals surface area (Å²) in [6, 6.07) is 19.0. The van der Waals surface area contributed by atoms with Crippen molar-refractivity contribution in [3.63, 3.8) is 0 Å². The van der Waals surface area contributed by atoms with Gasteiger partial charge >= 0.3 is 143 Å². The van der Waals surface area contributed by atoms with Crippen LogP contribution in [0.5, 0.6) is 0 Å². The number of amides is 2. The van der Waals surface area contributed by atoms with Crippen LogP contribution < -0.4 is 10.6 Å². The van der Waals surface area contributed by atoms with Gasteiger partial charge < -0.3 is 0 Å². The van der Waals surface area contributed by atoms with Gasteiger partial charge in [-0.3, -0.25) is 0 Å². The fourth-order valence-electron chi connectivity index (χ4n) is 2.05. The van der Waals surface area contributed by atoms with Gasteiger partial charge in [-0.25, -0.2) is 0 Å². The molecule has 0 spiro atoms. The Hall–Kier alpha value is -2.10. The van der Waals surface area contributed by atoms with Gasteiger partial charge in [0.15, 0.2) is 0 Å². The van der Waals surface area contributed by atoms with E-state index in [1.54, 1.807) is 0 Å². The molecular weight excluding hydrogens is 355 g/mol. The Morgan fingerprint density at radius 1 is 1.00 bits per heavy atom. The Morgan fingerprint density at radius 3 is 2.22 bits per heavy atom. The van der Waals surface area contributed by atoms with Gasteiger partial charge in [0, 0.05) is 0 Å². The van der Waals surface area contributed by atoms with Crippen LogP contribution in [0.15, 0.2) is 60.7 Å². The van der Waals surface area contributed by atoms with Crippen LogP contribution >= 0.6 is 0 Å². The Balaban J connectivity index is 1.90. The van der Waals surface area contributed by atoms with Crippen LogP contribution in [0.1, 0.15) is 12.5 Å². The molecule has 1 atom stereocenters. The Labute approximate surface area is 142 Å². The van der Waals surface area contributed by atoms with E-state index in [1.165, 1.54) is 12.5 Å².